The van der Waals surface area contributed by atoms with Crippen molar-refractivity contribution < 1.29 is 13.9 Å². The zero-order valence-electron chi connectivity index (χ0n) is 12.1. The van der Waals surface area contributed by atoms with Gasteiger partial charge in [-0.3, -0.25) is 4.98 Å². The van der Waals surface area contributed by atoms with E-state index in [0.717, 1.165) is 6.07 Å². The number of hydrogen-bond donors (Lipinski definition) is 1. The Morgan fingerprint density at radius 3 is 2.74 bits per heavy atom. The molecule has 0 saturated heterocycles. The SMILES string of the molecule is [N-]=[N+]=N[C@@H]1c2cccnc2[C@H](O)CC[C@H]1c1cccc(F)c1F. The van der Waals surface area contributed by atoms with E-state index in [0.29, 0.717) is 24.1 Å². The lowest BCUT2D eigenvalue weighted by Gasteiger charge is -2.23. The van der Waals surface area contributed by atoms with Crippen molar-refractivity contribution in [3.05, 3.63) is 75.4 Å². The van der Waals surface area contributed by atoms with Crippen LogP contribution in [0.5, 0.6) is 0 Å². The molecule has 0 radical (unpaired) electrons. The zero-order chi connectivity index (χ0) is 16.4. The van der Waals surface area contributed by atoms with E-state index < -0.39 is 29.7 Å². The summed E-state index contributed by atoms with van der Waals surface area (Å²) in [6.45, 7) is 0. The summed E-state index contributed by atoms with van der Waals surface area (Å²) in [5.74, 6) is -2.46. The summed E-state index contributed by atoms with van der Waals surface area (Å²) in [4.78, 5) is 7.01. The molecule has 0 bridgehead atoms. The second kappa shape index (κ2) is 6.32. The smallest absolute Gasteiger partial charge is 0.162 e. The molecule has 0 spiro atoms. The topological polar surface area (TPSA) is 81.9 Å². The maximum absolute atomic E-state index is 14.2. The lowest BCUT2D eigenvalue weighted by Crippen LogP contribution is -2.11. The number of nitrogens with zero attached hydrogens (tertiary/aromatic N) is 4. The number of fused-ring (bicyclic) bond motifs is 1. The third kappa shape index (κ3) is 2.76. The molecule has 1 N–H and O–H groups in total. The molecule has 3 atom stereocenters. The molecule has 1 aliphatic rings. The molecule has 0 amide bonds. The maximum Gasteiger partial charge on any atom is 0.162 e. The molecule has 0 aliphatic heterocycles. The number of hydrogen-bond acceptors (Lipinski definition) is 3. The van der Waals surface area contributed by atoms with Gasteiger partial charge in [-0.15, -0.1) is 0 Å². The van der Waals surface area contributed by atoms with Gasteiger partial charge in [-0.1, -0.05) is 23.3 Å². The van der Waals surface area contributed by atoms with Crippen molar-refractivity contribution in [3.63, 3.8) is 0 Å². The molecule has 23 heavy (non-hydrogen) atoms. The minimum Gasteiger partial charge on any atom is -0.387 e. The van der Waals surface area contributed by atoms with E-state index in [1.165, 1.54) is 18.3 Å². The number of azide groups is 1. The maximum atomic E-state index is 14.2. The molecule has 1 aromatic carbocycles. The fraction of sp³-hybridized carbons (Fsp3) is 0.312. The van der Waals surface area contributed by atoms with Gasteiger partial charge < -0.3 is 5.11 Å². The minimum atomic E-state index is -0.947. The van der Waals surface area contributed by atoms with Crippen molar-refractivity contribution in [2.75, 3.05) is 0 Å². The third-order valence-corrected chi connectivity index (χ3v) is 4.19. The molecule has 1 heterocycles. The van der Waals surface area contributed by atoms with Gasteiger partial charge in [-0.2, -0.15) is 0 Å². The molecule has 2 aromatic rings. The van der Waals surface area contributed by atoms with Gasteiger partial charge in [0.15, 0.2) is 11.6 Å². The quantitative estimate of drug-likeness (QED) is 0.387. The number of aliphatic hydroxyl groups is 1. The molecule has 0 fully saturated rings. The highest BCUT2D eigenvalue weighted by atomic mass is 19.2. The van der Waals surface area contributed by atoms with E-state index in [1.54, 1.807) is 12.1 Å². The summed E-state index contributed by atoms with van der Waals surface area (Å²) < 4.78 is 27.8. The highest BCUT2D eigenvalue weighted by Gasteiger charge is 2.34. The second-order valence-electron chi connectivity index (χ2n) is 5.47. The van der Waals surface area contributed by atoms with Crippen LogP contribution in [0.1, 0.15) is 47.7 Å². The van der Waals surface area contributed by atoms with Gasteiger partial charge in [0.2, 0.25) is 0 Å². The lowest BCUT2D eigenvalue weighted by molar-refractivity contribution is 0.160. The Kier molecular flexibility index (Phi) is 4.23. The van der Waals surface area contributed by atoms with Gasteiger partial charge in [-0.25, -0.2) is 8.78 Å². The van der Waals surface area contributed by atoms with Crippen molar-refractivity contribution in [1.29, 1.82) is 0 Å². The van der Waals surface area contributed by atoms with Crippen LogP contribution >= 0.6 is 0 Å². The monoisotopic (exact) mass is 316 g/mol. The Balaban J connectivity index is 2.17. The van der Waals surface area contributed by atoms with Gasteiger partial charge in [-0.05, 0) is 47.6 Å². The van der Waals surface area contributed by atoms with Crippen molar-refractivity contribution in [1.82, 2.24) is 4.98 Å². The molecular formula is C16H14F2N4O. The van der Waals surface area contributed by atoms with E-state index in [9.17, 15) is 13.9 Å². The molecule has 1 aromatic heterocycles. The van der Waals surface area contributed by atoms with Crippen molar-refractivity contribution in [2.45, 2.75) is 30.9 Å². The Morgan fingerprint density at radius 2 is 1.96 bits per heavy atom. The van der Waals surface area contributed by atoms with Gasteiger partial charge in [0.25, 0.3) is 0 Å². The van der Waals surface area contributed by atoms with E-state index in [1.807, 2.05) is 0 Å². The predicted molar refractivity (Wildman–Crippen MR) is 79.4 cm³/mol. The van der Waals surface area contributed by atoms with Gasteiger partial charge >= 0.3 is 0 Å². The number of pyridine rings is 1. The first-order valence-electron chi connectivity index (χ1n) is 7.24. The van der Waals surface area contributed by atoms with E-state index in [-0.39, 0.29) is 5.56 Å². The van der Waals surface area contributed by atoms with E-state index in [4.69, 9.17) is 5.53 Å². The lowest BCUT2D eigenvalue weighted by atomic mass is 9.86. The summed E-state index contributed by atoms with van der Waals surface area (Å²) >= 11 is 0. The molecule has 3 rings (SSSR count). The van der Waals surface area contributed by atoms with Gasteiger partial charge in [0.05, 0.1) is 17.8 Å². The van der Waals surface area contributed by atoms with Crippen LogP contribution in [0.2, 0.25) is 0 Å². The number of aromatic nitrogens is 1. The molecule has 1 aliphatic carbocycles. The highest BCUT2D eigenvalue weighted by Crippen LogP contribution is 2.45. The van der Waals surface area contributed by atoms with Crippen molar-refractivity contribution in [3.8, 4) is 0 Å². The van der Waals surface area contributed by atoms with Crippen molar-refractivity contribution in [2.24, 2.45) is 5.11 Å². The Morgan fingerprint density at radius 1 is 1.17 bits per heavy atom. The predicted octanol–water partition coefficient (Wildman–Crippen LogP) is 4.32. The van der Waals surface area contributed by atoms with Crippen LogP contribution in [-0.2, 0) is 0 Å². The number of rotatable bonds is 2. The number of benzene rings is 1. The summed E-state index contributed by atoms with van der Waals surface area (Å²) in [5.41, 5.74) is 10.0. The second-order valence-corrected chi connectivity index (χ2v) is 5.47. The van der Waals surface area contributed by atoms with Crippen LogP contribution in [0.25, 0.3) is 10.4 Å². The Bertz CT molecular complexity index is 776. The fourth-order valence-corrected chi connectivity index (χ4v) is 3.14. The molecular weight excluding hydrogens is 302 g/mol. The fourth-order valence-electron chi connectivity index (χ4n) is 3.14. The van der Waals surface area contributed by atoms with Crippen LogP contribution in [-0.4, -0.2) is 10.1 Å². The molecule has 7 heteroatoms. The highest BCUT2D eigenvalue weighted by molar-refractivity contribution is 5.34. The van der Waals surface area contributed by atoms with Crippen LogP contribution in [0.4, 0.5) is 8.78 Å². The number of aliphatic hydroxyl groups excluding tert-OH is 1. The van der Waals surface area contributed by atoms with E-state index in [2.05, 4.69) is 15.0 Å². The largest absolute Gasteiger partial charge is 0.387 e. The average Bonchev–Trinajstić information content (AvgIpc) is 2.69. The molecule has 118 valence electrons. The summed E-state index contributed by atoms with van der Waals surface area (Å²) in [5, 5.41) is 14.0. The average molecular weight is 316 g/mol. The van der Waals surface area contributed by atoms with E-state index >= 15 is 0 Å². The summed E-state index contributed by atoms with van der Waals surface area (Å²) in [7, 11) is 0. The van der Waals surface area contributed by atoms with Crippen LogP contribution in [0.15, 0.2) is 41.6 Å². The van der Waals surface area contributed by atoms with Crippen LogP contribution in [0.3, 0.4) is 0 Å². The summed E-state index contributed by atoms with van der Waals surface area (Å²) in [6, 6.07) is 6.55. The van der Waals surface area contributed by atoms with Crippen LogP contribution in [0, 0.1) is 11.6 Å². The zero-order valence-corrected chi connectivity index (χ0v) is 12.1. The molecule has 5 nitrogen and oxygen atoms in total. The summed E-state index contributed by atoms with van der Waals surface area (Å²) in [6.07, 6.45) is 1.38. The third-order valence-electron chi connectivity index (χ3n) is 4.19. The first-order chi connectivity index (χ1) is 11.1. The first kappa shape index (κ1) is 15.4. The van der Waals surface area contributed by atoms with Gasteiger partial charge in [0.1, 0.15) is 0 Å². The van der Waals surface area contributed by atoms with Crippen LogP contribution < -0.4 is 0 Å². The number of halogens is 2. The van der Waals surface area contributed by atoms with Gasteiger partial charge in [0, 0.05) is 11.1 Å². The Hall–Kier alpha value is -2.50. The van der Waals surface area contributed by atoms with Crippen molar-refractivity contribution >= 4 is 0 Å². The Labute approximate surface area is 131 Å². The minimum absolute atomic E-state index is 0.145. The standard InChI is InChI=1S/C16H14F2N4O/c17-12-5-1-3-9(14(12)18)10-6-7-13(23)16-11(4-2-8-20-16)15(10)21-22-19/h1-5,8,10,13,15,23H,6-7H2/t10-,13+,15-/m0/s1. The first-order valence-corrected chi connectivity index (χ1v) is 7.24. The molecule has 0 saturated carbocycles. The molecule has 0 unspecified atom stereocenters. The normalized spacial score (nSPS) is 23.5.